The van der Waals surface area contributed by atoms with Gasteiger partial charge in [-0.25, -0.2) is 12.8 Å². The second kappa shape index (κ2) is 11.7. The van der Waals surface area contributed by atoms with Crippen molar-refractivity contribution in [3.05, 3.63) is 35.9 Å². The van der Waals surface area contributed by atoms with Crippen molar-refractivity contribution in [1.29, 1.82) is 0 Å². The summed E-state index contributed by atoms with van der Waals surface area (Å²) in [6.45, 7) is 3.38. The first-order valence-corrected chi connectivity index (χ1v) is 12.7. The highest BCUT2D eigenvalue weighted by atomic mass is 35.5. The minimum atomic E-state index is -3.28. The van der Waals surface area contributed by atoms with Gasteiger partial charge in [0, 0.05) is 38.9 Å². The molecule has 1 heterocycles. The number of methoxy groups -OCH3 is 1. The van der Waals surface area contributed by atoms with E-state index in [1.165, 1.54) is 4.31 Å². The monoisotopic (exact) mass is 491 g/mol. The van der Waals surface area contributed by atoms with E-state index in [0.717, 1.165) is 12.8 Å². The molecule has 0 spiro atoms. The maximum absolute atomic E-state index is 15.9. The number of halogens is 2. The second-order valence-corrected chi connectivity index (χ2v) is 10.6. The molecule has 1 amide bonds. The zero-order valence-corrected chi connectivity index (χ0v) is 20.5. The van der Waals surface area contributed by atoms with Gasteiger partial charge >= 0.3 is 0 Å². The minimum Gasteiger partial charge on any atom is -0.381 e. The fourth-order valence-electron chi connectivity index (χ4n) is 4.83. The molecule has 2 aliphatic rings. The first-order valence-electron chi connectivity index (χ1n) is 11.1. The average Bonchev–Trinajstić information content (AvgIpc) is 2.79. The molecule has 0 radical (unpaired) electrons. The van der Waals surface area contributed by atoms with Gasteiger partial charge in [0.15, 0.2) is 6.30 Å². The van der Waals surface area contributed by atoms with Gasteiger partial charge in [0.1, 0.15) is 0 Å². The van der Waals surface area contributed by atoms with E-state index in [1.807, 2.05) is 17.9 Å². The average molecular weight is 492 g/mol. The molecule has 1 N–H and O–H groups in total. The third kappa shape index (κ3) is 5.99. The van der Waals surface area contributed by atoms with Crippen LogP contribution in [-0.2, 0) is 14.8 Å². The van der Waals surface area contributed by atoms with Gasteiger partial charge in [-0.15, -0.1) is 12.4 Å². The second-order valence-electron chi connectivity index (χ2n) is 8.46. The standard InChI is InChI=1S/C22H34FN3O4S.ClH/c1-3-16-31(28,29)26-14-12-25(13-15-26)22(11-7-10-19(17-22)30-2)21(23)24-20(27)18-8-5-4-6-9-18;/h4-6,8-9,19,21H,3,7,10-17H2,1-2H3,(H,24,27);1H. The lowest BCUT2D eigenvalue weighted by atomic mass is 9.77. The quantitative estimate of drug-likeness (QED) is 0.566. The molecule has 1 saturated carbocycles. The molecule has 1 aromatic carbocycles. The Bertz CT molecular complexity index is 837. The van der Waals surface area contributed by atoms with Crippen molar-refractivity contribution in [2.75, 3.05) is 39.0 Å². The van der Waals surface area contributed by atoms with E-state index >= 15 is 4.39 Å². The van der Waals surface area contributed by atoms with Gasteiger partial charge in [-0.05, 0) is 44.2 Å². The Kier molecular flexibility index (Phi) is 9.90. The number of hydrogen-bond acceptors (Lipinski definition) is 5. The molecule has 1 saturated heterocycles. The SMILES string of the molecule is CCCS(=O)(=O)N1CCN(C2(C(F)NC(=O)c3ccccc3)CCCC(OC)C2)CC1.Cl. The number of carbonyl (C=O) groups excluding carboxylic acids is 1. The van der Waals surface area contributed by atoms with E-state index < -0.39 is 27.8 Å². The van der Waals surface area contributed by atoms with Gasteiger partial charge in [-0.1, -0.05) is 25.1 Å². The molecule has 3 atom stereocenters. The zero-order valence-electron chi connectivity index (χ0n) is 18.8. The molecule has 0 aromatic heterocycles. The highest BCUT2D eigenvalue weighted by Crippen LogP contribution is 2.39. The van der Waals surface area contributed by atoms with Crippen LogP contribution in [0.3, 0.4) is 0 Å². The topological polar surface area (TPSA) is 79.0 Å². The van der Waals surface area contributed by atoms with Crippen LogP contribution in [0.4, 0.5) is 4.39 Å². The Labute approximate surface area is 197 Å². The molecule has 182 valence electrons. The number of amides is 1. The highest BCUT2D eigenvalue weighted by molar-refractivity contribution is 7.89. The summed E-state index contributed by atoms with van der Waals surface area (Å²) < 4.78 is 47.8. The van der Waals surface area contributed by atoms with Gasteiger partial charge < -0.3 is 10.1 Å². The lowest BCUT2D eigenvalue weighted by Crippen LogP contribution is -2.67. The predicted octanol–water partition coefficient (Wildman–Crippen LogP) is 2.82. The fourth-order valence-corrected chi connectivity index (χ4v) is 6.33. The van der Waals surface area contributed by atoms with Gasteiger partial charge in [0.2, 0.25) is 10.0 Å². The van der Waals surface area contributed by atoms with E-state index in [0.29, 0.717) is 51.0 Å². The van der Waals surface area contributed by atoms with Crippen LogP contribution >= 0.6 is 12.4 Å². The van der Waals surface area contributed by atoms with Gasteiger partial charge in [-0.2, -0.15) is 4.31 Å². The number of piperazine rings is 1. The van der Waals surface area contributed by atoms with Crippen molar-refractivity contribution in [1.82, 2.24) is 14.5 Å². The van der Waals surface area contributed by atoms with E-state index in [9.17, 15) is 13.2 Å². The number of hydrogen-bond donors (Lipinski definition) is 1. The molecule has 2 fully saturated rings. The van der Waals surface area contributed by atoms with Crippen LogP contribution in [0.1, 0.15) is 49.4 Å². The van der Waals surface area contributed by atoms with Crippen LogP contribution < -0.4 is 5.32 Å². The molecular formula is C22H35ClFN3O4S. The normalized spacial score (nSPS) is 26.2. The summed E-state index contributed by atoms with van der Waals surface area (Å²) >= 11 is 0. The van der Waals surface area contributed by atoms with Crippen molar-refractivity contribution in [3.8, 4) is 0 Å². The Morgan fingerprint density at radius 2 is 1.91 bits per heavy atom. The molecule has 3 rings (SSSR count). The molecule has 32 heavy (non-hydrogen) atoms. The number of ether oxygens (including phenoxy) is 1. The largest absolute Gasteiger partial charge is 0.381 e. The van der Waals surface area contributed by atoms with Crippen molar-refractivity contribution in [2.24, 2.45) is 0 Å². The van der Waals surface area contributed by atoms with Crippen molar-refractivity contribution < 1.29 is 22.3 Å². The highest BCUT2D eigenvalue weighted by Gasteiger charge is 2.49. The maximum Gasteiger partial charge on any atom is 0.253 e. The van der Waals surface area contributed by atoms with Gasteiger partial charge in [0.05, 0.1) is 17.4 Å². The van der Waals surface area contributed by atoms with E-state index in [-0.39, 0.29) is 24.3 Å². The Morgan fingerprint density at radius 1 is 1.25 bits per heavy atom. The minimum absolute atomic E-state index is 0. The van der Waals surface area contributed by atoms with Crippen molar-refractivity contribution >= 4 is 28.3 Å². The van der Waals surface area contributed by atoms with Gasteiger partial charge in [0.25, 0.3) is 5.91 Å². The van der Waals surface area contributed by atoms with Crippen LogP contribution in [0, 0.1) is 0 Å². The first kappa shape index (κ1) is 27.0. The third-order valence-electron chi connectivity index (χ3n) is 6.54. The van der Waals surface area contributed by atoms with E-state index in [1.54, 1.807) is 31.4 Å². The first-order chi connectivity index (χ1) is 14.8. The Morgan fingerprint density at radius 3 is 2.50 bits per heavy atom. The molecule has 10 heteroatoms. The Hall–Kier alpha value is -1.26. The number of benzene rings is 1. The maximum atomic E-state index is 15.9. The smallest absolute Gasteiger partial charge is 0.253 e. The summed E-state index contributed by atoms with van der Waals surface area (Å²) in [5.41, 5.74) is -0.501. The molecule has 1 aliphatic carbocycles. The predicted molar refractivity (Wildman–Crippen MR) is 125 cm³/mol. The van der Waals surface area contributed by atoms with Crippen LogP contribution in [0.5, 0.6) is 0 Å². The summed E-state index contributed by atoms with van der Waals surface area (Å²) in [5, 5.41) is 2.58. The van der Waals surface area contributed by atoms with Crippen LogP contribution in [0.2, 0.25) is 0 Å². The third-order valence-corrected chi connectivity index (χ3v) is 8.62. The van der Waals surface area contributed by atoms with E-state index in [2.05, 4.69) is 5.32 Å². The summed E-state index contributed by atoms with van der Waals surface area (Å²) in [7, 11) is -1.65. The number of carbonyl (C=O) groups is 1. The Balaban J connectivity index is 0.00000363. The molecule has 7 nitrogen and oxygen atoms in total. The number of sulfonamides is 1. The van der Waals surface area contributed by atoms with Crippen LogP contribution in [0.15, 0.2) is 30.3 Å². The zero-order chi connectivity index (χ0) is 22.5. The fraction of sp³-hybridized carbons (Fsp3) is 0.682. The molecule has 1 aliphatic heterocycles. The van der Waals surface area contributed by atoms with Gasteiger partial charge in [-0.3, -0.25) is 9.69 Å². The van der Waals surface area contributed by atoms with Crippen molar-refractivity contribution in [2.45, 2.75) is 57.0 Å². The number of nitrogens with one attached hydrogen (secondary N) is 1. The molecular weight excluding hydrogens is 457 g/mol. The summed E-state index contributed by atoms with van der Waals surface area (Å²) in [6.07, 6.45) is 1.57. The van der Waals surface area contributed by atoms with Crippen LogP contribution in [-0.4, -0.2) is 80.5 Å². The summed E-state index contributed by atoms with van der Waals surface area (Å²) in [6, 6.07) is 8.61. The molecule has 3 unspecified atom stereocenters. The number of alkyl halides is 1. The lowest BCUT2D eigenvalue weighted by Gasteiger charge is -2.52. The van der Waals surface area contributed by atoms with Crippen molar-refractivity contribution in [3.63, 3.8) is 0 Å². The molecule has 0 bridgehead atoms. The molecule has 1 aromatic rings. The van der Waals surface area contributed by atoms with E-state index in [4.69, 9.17) is 4.74 Å². The van der Waals surface area contributed by atoms with Crippen LogP contribution in [0.25, 0.3) is 0 Å². The lowest BCUT2D eigenvalue weighted by molar-refractivity contribution is -0.0814. The number of rotatable bonds is 8. The summed E-state index contributed by atoms with van der Waals surface area (Å²) in [5.74, 6) is -0.320. The summed E-state index contributed by atoms with van der Waals surface area (Å²) in [4.78, 5) is 14.7. The number of nitrogens with zero attached hydrogens (tertiary/aromatic N) is 2.